The number of anilines is 1. The second kappa shape index (κ2) is 9.10. The van der Waals surface area contributed by atoms with Gasteiger partial charge in [0.2, 0.25) is 5.13 Å². The molecule has 2 unspecified atom stereocenters. The van der Waals surface area contributed by atoms with Crippen molar-refractivity contribution in [1.82, 2.24) is 15.1 Å². The summed E-state index contributed by atoms with van der Waals surface area (Å²) in [5.74, 6) is 0. The molecule has 1 aliphatic rings. The minimum atomic E-state index is -0.379. The Kier molecular flexibility index (Phi) is 7.37. The lowest BCUT2D eigenvalue weighted by atomic mass is 9.98. The molecule has 0 saturated carbocycles. The maximum Gasteiger partial charge on any atom is 0.325 e. The van der Waals surface area contributed by atoms with E-state index in [1.807, 2.05) is 0 Å². The van der Waals surface area contributed by atoms with E-state index in [0.29, 0.717) is 18.3 Å². The highest BCUT2D eigenvalue weighted by atomic mass is 32.1. The van der Waals surface area contributed by atoms with Gasteiger partial charge in [0.25, 0.3) is 0 Å². The predicted octanol–water partition coefficient (Wildman–Crippen LogP) is 3.65. The molecule has 1 saturated heterocycles. The summed E-state index contributed by atoms with van der Waals surface area (Å²) in [6, 6.07) is -0.148. The first-order valence-corrected chi connectivity index (χ1v) is 10.1. The number of ether oxygens (including phenoxy) is 2. The molecule has 8 heteroatoms. The van der Waals surface area contributed by atoms with Crippen LogP contribution in [0.1, 0.15) is 58.4 Å². The van der Waals surface area contributed by atoms with Gasteiger partial charge in [-0.1, -0.05) is 45.5 Å². The Morgan fingerprint density at radius 2 is 2.04 bits per heavy atom. The fourth-order valence-corrected chi connectivity index (χ4v) is 3.63. The molecular formula is C18H32N4O3S. The second-order valence-electron chi connectivity index (χ2n) is 7.85. The van der Waals surface area contributed by atoms with E-state index in [0.717, 1.165) is 30.7 Å². The lowest BCUT2D eigenvalue weighted by molar-refractivity contribution is -0.159. The molecule has 2 atom stereocenters. The lowest BCUT2D eigenvalue weighted by Crippen LogP contribution is -2.44. The molecule has 1 aromatic heterocycles. The molecule has 0 aliphatic carbocycles. The van der Waals surface area contributed by atoms with E-state index in [2.05, 4.69) is 37.9 Å². The van der Waals surface area contributed by atoms with Crippen LogP contribution in [0.4, 0.5) is 9.93 Å². The number of nitrogens with zero attached hydrogens (tertiary/aromatic N) is 4. The van der Waals surface area contributed by atoms with Gasteiger partial charge in [0.15, 0.2) is 6.29 Å². The molecular weight excluding hydrogens is 352 g/mol. The summed E-state index contributed by atoms with van der Waals surface area (Å²) in [4.78, 5) is 15.9. The molecule has 1 aromatic rings. The van der Waals surface area contributed by atoms with Crippen molar-refractivity contribution < 1.29 is 14.3 Å². The topological polar surface area (TPSA) is 67.8 Å². The zero-order valence-corrected chi connectivity index (χ0v) is 17.6. The molecule has 2 heterocycles. The van der Waals surface area contributed by atoms with Crippen molar-refractivity contribution in [2.75, 3.05) is 32.1 Å². The number of rotatable bonds is 5. The number of urea groups is 1. The van der Waals surface area contributed by atoms with Crippen LogP contribution in [0, 0.1) is 0 Å². The monoisotopic (exact) mass is 384 g/mol. The molecule has 26 heavy (non-hydrogen) atoms. The number of likely N-dealkylation sites (N-methyl/N-ethyl adjacent to an activating group) is 1. The molecule has 0 aromatic carbocycles. The van der Waals surface area contributed by atoms with Gasteiger partial charge in [-0.25, -0.2) is 4.79 Å². The number of carbonyl (C=O) groups is 1. The van der Waals surface area contributed by atoms with Gasteiger partial charge in [-0.2, -0.15) is 0 Å². The van der Waals surface area contributed by atoms with Crippen molar-refractivity contribution in [2.45, 2.75) is 71.2 Å². The normalized spacial score (nSPS) is 21.3. The number of aromatic nitrogens is 2. The van der Waals surface area contributed by atoms with Crippen molar-refractivity contribution in [1.29, 1.82) is 0 Å². The van der Waals surface area contributed by atoms with Crippen molar-refractivity contribution in [3.05, 3.63) is 5.01 Å². The van der Waals surface area contributed by atoms with Gasteiger partial charge < -0.3 is 14.4 Å². The van der Waals surface area contributed by atoms with Gasteiger partial charge in [-0.15, -0.1) is 10.2 Å². The first-order chi connectivity index (χ1) is 12.2. The third-order valence-corrected chi connectivity index (χ3v) is 5.73. The Balaban J connectivity index is 1.96. The average molecular weight is 385 g/mol. The first-order valence-electron chi connectivity index (χ1n) is 9.32. The SMILES string of the molecule is CCCC1CCCOC(CN(C)C(=O)N(C)c2nnc(C(C)(C)C)s2)O1. The fourth-order valence-electron chi connectivity index (χ4n) is 2.77. The number of hydrogen-bond donors (Lipinski definition) is 0. The van der Waals surface area contributed by atoms with Gasteiger partial charge in [0.05, 0.1) is 12.6 Å². The van der Waals surface area contributed by atoms with Crippen molar-refractivity contribution >= 4 is 22.5 Å². The third-order valence-electron chi connectivity index (χ3n) is 4.31. The predicted molar refractivity (Wildman–Crippen MR) is 104 cm³/mol. The van der Waals surface area contributed by atoms with Crippen LogP contribution in [0.25, 0.3) is 0 Å². The summed E-state index contributed by atoms with van der Waals surface area (Å²) in [6.45, 7) is 9.47. The molecule has 1 aliphatic heterocycles. The molecule has 2 rings (SSSR count). The van der Waals surface area contributed by atoms with Gasteiger partial charge >= 0.3 is 6.03 Å². The van der Waals surface area contributed by atoms with E-state index >= 15 is 0 Å². The van der Waals surface area contributed by atoms with E-state index in [1.165, 1.54) is 16.2 Å². The second-order valence-corrected chi connectivity index (χ2v) is 8.81. The Morgan fingerprint density at radius 3 is 2.65 bits per heavy atom. The summed E-state index contributed by atoms with van der Waals surface area (Å²) in [5.41, 5.74) is -0.0813. The molecule has 7 nitrogen and oxygen atoms in total. The molecule has 148 valence electrons. The van der Waals surface area contributed by atoms with E-state index in [-0.39, 0.29) is 23.8 Å². The van der Waals surface area contributed by atoms with Crippen LogP contribution in [0.15, 0.2) is 0 Å². The summed E-state index contributed by atoms with van der Waals surface area (Å²) >= 11 is 1.44. The van der Waals surface area contributed by atoms with Crippen LogP contribution >= 0.6 is 11.3 Å². The first kappa shape index (κ1) is 21.1. The van der Waals surface area contributed by atoms with Gasteiger partial charge in [0.1, 0.15) is 5.01 Å². The summed E-state index contributed by atoms with van der Waals surface area (Å²) in [6.07, 6.45) is 3.96. The molecule has 1 fully saturated rings. The molecule has 0 bridgehead atoms. The highest BCUT2D eigenvalue weighted by Gasteiger charge is 2.27. The largest absolute Gasteiger partial charge is 0.351 e. The maximum absolute atomic E-state index is 12.7. The Hall–Kier alpha value is -1.25. The van der Waals surface area contributed by atoms with Crippen LogP contribution < -0.4 is 4.90 Å². The van der Waals surface area contributed by atoms with E-state index < -0.39 is 0 Å². The molecule has 0 radical (unpaired) electrons. The van der Waals surface area contributed by atoms with E-state index in [9.17, 15) is 4.79 Å². The quantitative estimate of drug-likeness (QED) is 0.775. The van der Waals surface area contributed by atoms with Crippen LogP contribution in [0.2, 0.25) is 0 Å². The Bertz CT molecular complexity index is 587. The third kappa shape index (κ3) is 5.62. The molecule has 0 spiro atoms. The zero-order valence-electron chi connectivity index (χ0n) is 16.8. The fraction of sp³-hybridized carbons (Fsp3) is 0.833. The highest BCUT2D eigenvalue weighted by Crippen LogP contribution is 2.29. The van der Waals surface area contributed by atoms with Crippen molar-refractivity contribution in [2.24, 2.45) is 0 Å². The van der Waals surface area contributed by atoms with Crippen LogP contribution in [-0.2, 0) is 14.9 Å². The van der Waals surface area contributed by atoms with Crippen LogP contribution in [0.3, 0.4) is 0 Å². The van der Waals surface area contributed by atoms with E-state index in [4.69, 9.17) is 9.47 Å². The maximum atomic E-state index is 12.7. The lowest BCUT2D eigenvalue weighted by Gasteiger charge is -2.28. The zero-order chi connectivity index (χ0) is 19.3. The van der Waals surface area contributed by atoms with Gasteiger partial charge in [-0.3, -0.25) is 4.90 Å². The summed E-state index contributed by atoms with van der Waals surface area (Å²) in [7, 11) is 3.48. The van der Waals surface area contributed by atoms with Gasteiger partial charge in [-0.05, 0) is 19.3 Å². The number of amides is 2. The van der Waals surface area contributed by atoms with Crippen molar-refractivity contribution in [3.63, 3.8) is 0 Å². The molecule has 2 amide bonds. The summed E-state index contributed by atoms with van der Waals surface area (Å²) < 4.78 is 11.8. The van der Waals surface area contributed by atoms with Crippen LogP contribution in [0.5, 0.6) is 0 Å². The van der Waals surface area contributed by atoms with Gasteiger partial charge in [0, 0.05) is 26.1 Å². The van der Waals surface area contributed by atoms with Crippen LogP contribution in [-0.4, -0.2) is 60.8 Å². The number of hydrogen-bond acceptors (Lipinski definition) is 6. The Morgan fingerprint density at radius 1 is 1.31 bits per heavy atom. The Labute approximate surface area is 160 Å². The standard InChI is InChI=1S/C18H32N4O3S/c1-7-9-13-10-8-11-24-14(25-13)12-21(5)17(23)22(6)16-20-19-15(26-16)18(2,3)4/h13-14H,7-12H2,1-6H3. The minimum absolute atomic E-state index is 0.0813. The minimum Gasteiger partial charge on any atom is -0.351 e. The number of carbonyl (C=O) groups excluding carboxylic acids is 1. The highest BCUT2D eigenvalue weighted by molar-refractivity contribution is 7.15. The van der Waals surface area contributed by atoms with Crippen molar-refractivity contribution in [3.8, 4) is 0 Å². The summed E-state index contributed by atoms with van der Waals surface area (Å²) in [5, 5.41) is 9.89. The average Bonchev–Trinajstić information content (AvgIpc) is 2.98. The van der Waals surface area contributed by atoms with E-state index in [1.54, 1.807) is 19.0 Å². The molecule has 0 N–H and O–H groups in total. The smallest absolute Gasteiger partial charge is 0.325 e.